The molecule has 0 radical (unpaired) electrons. The largest absolute Gasteiger partial charge is 0.444 e. The van der Waals surface area contributed by atoms with Gasteiger partial charge in [-0.2, -0.15) is 13.2 Å². The third-order valence-corrected chi connectivity index (χ3v) is 3.54. The molecule has 2 N–H and O–H groups in total. The van der Waals surface area contributed by atoms with Crippen LogP contribution in [-0.2, 0) is 4.74 Å². The maximum Gasteiger partial charge on any atom is 0.441 e. The standard InChI is InChI=1S/C14H27F3N2O2S/c1-10(2)11(8-18-6-7-22-14(15,16)17)9-19-12(20)21-13(3,4)5/h10-11,18H,6-9H2,1-5H3,(H,19,20). The number of amides is 1. The summed E-state index contributed by atoms with van der Waals surface area (Å²) in [5.74, 6) is 0.398. The molecular weight excluding hydrogens is 317 g/mol. The minimum atomic E-state index is -4.18. The average Bonchev–Trinajstić information content (AvgIpc) is 2.28. The van der Waals surface area contributed by atoms with Gasteiger partial charge in [-0.15, -0.1) is 0 Å². The molecule has 0 rings (SSSR count). The zero-order chi connectivity index (χ0) is 17.4. The molecule has 0 heterocycles. The van der Waals surface area contributed by atoms with Crippen molar-refractivity contribution in [3.05, 3.63) is 0 Å². The highest BCUT2D eigenvalue weighted by Crippen LogP contribution is 2.29. The second-order valence-corrected chi connectivity index (χ2v) is 7.55. The van der Waals surface area contributed by atoms with E-state index in [0.29, 0.717) is 13.1 Å². The van der Waals surface area contributed by atoms with Crippen LogP contribution in [0.15, 0.2) is 0 Å². The molecule has 8 heteroatoms. The molecule has 0 aliphatic carbocycles. The van der Waals surface area contributed by atoms with Gasteiger partial charge in [0.05, 0.1) is 0 Å². The maximum atomic E-state index is 12.0. The molecule has 0 bridgehead atoms. The first kappa shape index (κ1) is 21.4. The van der Waals surface area contributed by atoms with Crippen LogP contribution in [-0.4, -0.2) is 42.6 Å². The Hall–Kier alpha value is -0.630. The number of halogens is 3. The lowest BCUT2D eigenvalue weighted by Gasteiger charge is -2.24. The molecule has 0 aliphatic heterocycles. The van der Waals surface area contributed by atoms with Gasteiger partial charge in [-0.3, -0.25) is 0 Å². The molecule has 0 aromatic rings. The molecule has 0 spiro atoms. The lowest BCUT2D eigenvalue weighted by molar-refractivity contribution is -0.0327. The molecule has 1 atom stereocenters. The third kappa shape index (κ3) is 13.1. The minimum Gasteiger partial charge on any atom is -0.444 e. The van der Waals surface area contributed by atoms with Crippen LogP contribution in [0.1, 0.15) is 34.6 Å². The smallest absolute Gasteiger partial charge is 0.441 e. The number of ether oxygens (including phenoxy) is 1. The first-order chi connectivity index (χ1) is 9.91. The van der Waals surface area contributed by atoms with E-state index in [4.69, 9.17) is 4.74 Å². The predicted octanol–water partition coefficient (Wildman–Crippen LogP) is 3.63. The van der Waals surface area contributed by atoms with Crippen molar-refractivity contribution < 1.29 is 22.7 Å². The van der Waals surface area contributed by atoms with E-state index in [0.717, 1.165) is 0 Å². The van der Waals surface area contributed by atoms with Crippen LogP contribution in [0.4, 0.5) is 18.0 Å². The summed E-state index contributed by atoms with van der Waals surface area (Å²) in [6, 6.07) is 0. The average molecular weight is 344 g/mol. The van der Waals surface area contributed by atoms with Crippen LogP contribution in [0.2, 0.25) is 0 Å². The third-order valence-electron chi connectivity index (χ3n) is 2.80. The lowest BCUT2D eigenvalue weighted by atomic mass is 9.96. The van der Waals surface area contributed by atoms with E-state index in [1.165, 1.54) is 0 Å². The molecule has 1 unspecified atom stereocenters. The molecular formula is C14H27F3N2O2S. The minimum absolute atomic E-state index is 0.0200. The van der Waals surface area contributed by atoms with E-state index in [2.05, 4.69) is 10.6 Å². The Bertz CT molecular complexity index is 331. The Kier molecular flexibility index (Phi) is 9.22. The second kappa shape index (κ2) is 9.50. The number of alkyl carbamates (subject to hydrolysis) is 1. The highest BCUT2D eigenvalue weighted by molar-refractivity contribution is 8.00. The fourth-order valence-corrected chi connectivity index (χ4v) is 2.08. The van der Waals surface area contributed by atoms with Crippen molar-refractivity contribution in [3.8, 4) is 0 Å². The van der Waals surface area contributed by atoms with Crippen LogP contribution >= 0.6 is 11.8 Å². The normalized spacial score (nSPS) is 14.0. The highest BCUT2D eigenvalue weighted by Gasteiger charge is 2.27. The van der Waals surface area contributed by atoms with Gasteiger partial charge in [0.2, 0.25) is 0 Å². The molecule has 0 aliphatic rings. The van der Waals surface area contributed by atoms with Crippen LogP contribution in [0.5, 0.6) is 0 Å². The number of hydrogen-bond donors (Lipinski definition) is 2. The summed E-state index contributed by atoms with van der Waals surface area (Å²) in [6.45, 7) is 10.6. The summed E-state index contributed by atoms with van der Waals surface area (Å²) in [7, 11) is 0. The summed E-state index contributed by atoms with van der Waals surface area (Å²) in [6.07, 6.45) is -0.481. The van der Waals surface area contributed by atoms with Crippen LogP contribution in [0.25, 0.3) is 0 Å². The van der Waals surface area contributed by atoms with Crippen molar-refractivity contribution in [3.63, 3.8) is 0 Å². The fourth-order valence-electron chi connectivity index (χ4n) is 1.60. The maximum absolute atomic E-state index is 12.0. The molecule has 132 valence electrons. The van der Waals surface area contributed by atoms with Gasteiger partial charge < -0.3 is 15.4 Å². The van der Waals surface area contributed by atoms with Crippen molar-refractivity contribution in [2.75, 3.05) is 25.4 Å². The number of nitrogens with one attached hydrogen (secondary N) is 2. The van der Waals surface area contributed by atoms with Gasteiger partial charge in [-0.25, -0.2) is 4.79 Å². The molecule has 0 saturated carbocycles. The van der Waals surface area contributed by atoms with Gasteiger partial charge in [0.25, 0.3) is 0 Å². The van der Waals surface area contributed by atoms with E-state index in [-0.39, 0.29) is 35.9 Å². The van der Waals surface area contributed by atoms with E-state index in [1.54, 1.807) is 20.8 Å². The Morgan fingerprint density at radius 3 is 2.23 bits per heavy atom. The molecule has 1 amide bonds. The fraction of sp³-hybridized carbons (Fsp3) is 0.929. The predicted molar refractivity (Wildman–Crippen MR) is 83.9 cm³/mol. The van der Waals surface area contributed by atoms with Gasteiger partial charge in [0.1, 0.15) is 5.60 Å². The van der Waals surface area contributed by atoms with E-state index < -0.39 is 17.2 Å². The van der Waals surface area contributed by atoms with Crippen molar-refractivity contribution in [2.45, 2.75) is 45.7 Å². The Labute approximate surface area is 134 Å². The number of carbonyl (C=O) groups is 1. The van der Waals surface area contributed by atoms with Gasteiger partial charge >= 0.3 is 11.6 Å². The van der Waals surface area contributed by atoms with Crippen LogP contribution < -0.4 is 10.6 Å². The lowest BCUT2D eigenvalue weighted by Crippen LogP contribution is -2.40. The zero-order valence-corrected chi connectivity index (χ0v) is 14.7. The first-order valence-corrected chi connectivity index (χ1v) is 8.27. The number of thioether (sulfide) groups is 1. The first-order valence-electron chi connectivity index (χ1n) is 7.29. The highest BCUT2D eigenvalue weighted by atomic mass is 32.2. The van der Waals surface area contributed by atoms with Crippen LogP contribution in [0, 0.1) is 11.8 Å². The Morgan fingerprint density at radius 1 is 1.18 bits per heavy atom. The van der Waals surface area contributed by atoms with E-state index in [9.17, 15) is 18.0 Å². The monoisotopic (exact) mass is 344 g/mol. The summed E-state index contributed by atoms with van der Waals surface area (Å²) < 4.78 is 41.1. The molecule has 0 fully saturated rings. The van der Waals surface area contributed by atoms with Crippen molar-refractivity contribution >= 4 is 17.9 Å². The molecule has 0 aromatic carbocycles. The van der Waals surface area contributed by atoms with Gasteiger partial charge in [0.15, 0.2) is 0 Å². The number of rotatable bonds is 8. The van der Waals surface area contributed by atoms with Crippen molar-refractivity contribution in [1.82, 2.24) is 10.6 Å². The van der Waals surface area contributed by atoms with Crippen molar-refractivity contribution in [1.29, 1.82) is 0 Å². The Balaban J connectivity index is 4.00. The van der Waals surface area contributed by atoms with Gasteiger partial charge in [-0.05, 0) is 50.9 Å². The summed E-state index contributed by atoms with van der Waals surface area (Å²) in [5, 5.41) is 5.70. The SMILES string of the molecule is CC(C)C(CNCCSC(F)(F)F)CNC(=O)OC(C)(C)C. The number of carbonyl (C=O) groups excluding carboxylic acids is 1. The topological polar surface area (TPSA) is 50.4 Å². The van der Waals surface area contributed by atoms with E-state index >= 15 is 0 Å². The van der Waals surface area contributed by atoms with Gasteiger partial charge in [0, 0.05) is 18.8 Å². The number of hydrogen-bond acceptors (Lipinski definition) is 4. The second-order valence-electron chi connectivity index (χ2n) is 6.39. The summed E-state index contributed by atoms with van der Waals surface area (Å²) in [4.78, 5) is 11.6. The molecule has 4 nitrogen and oxygen atoms in total. The zero-order valence-electron chi connectivity index (χ0n) is 13.8. The molecule has 0 aromatic heterocycles. The summed E-state index contributed by atoms with van der Waals surface area (Å²) >= 11 is -0.0340. The Morgan fingerprint density at radius 2 is 1.77 bits per heavy atom. The molecule has 22 heavy (non-hydrogen) atoms. The quantitative estimate of drug-likeness (QED) is 0.660. The number of alkyl halides is 3. The van der Waals surface area contributed by atoms with Crippen LogP contribution in [0.3, 0.4) is 0 Å². The summed E-state index contributed by atoms with van der Waals surface area (Å²) in [5.41, 5.74) is -4.73. The molecule has 0 saturated heterocycles. The van der Waals surface area contributed by atoms with Crippen molar-refractivity contribution in [2.24, 2.45) is 11.8 Å². The van der Waals surface area contributed by atoms with Gasteiger partial charge in [-0.1, -0.05) is 13.8 Å². The van der Waals surface area contributed by atoms with E-state index in [1.807, 2.05) is 13.8 Å².